The van der Waals surface area contributed by atoms with Crippen LogP contribution in [-0.4, -0.2) is 55.0 Å². The van der Waals surface area contributed by atoms with Gasteiger partial charge in [0.05, 0.1) is 35.8 Å². The third kappa shape index (κ3) is 4.78. The predicted octanol–water partition coefficient (Wildman–Crippen LogP) is 2.81. The standard InChI is InChI=1S/C25H27N9O3/c1-13-5-8-19-29-20-11-16(22(32-31-20)25(36)26-2)28-17-10-14(6-7-18(35)21(13)30-19)9-15(23(17)37-4)24-27-12-34(3)33-24/h5,8-12,18,28,35H,6-7H2,1-4H3,(H,26,36)(H,29,30,31)/i2D3. The molecule has 6 bridgehead atoms. The molecule has 0 saturated carbocycles. The molecule has 0 aliphatic carbocycles. The van der Waals surface area contributed by atoms with Crippen molar-refractivity contribution in [1.82, 2.24) is 35.3 Å². The van der Waals surface area contributed by atoms with E-state index in [9.17, 15) is 9.90 Å². The van der Waals surface area contributed by atoms with E-state index in [1.54, 1.807) is 24.1 Å². The number of nitrogens with zero attached hydrogens (tertiary/aromatic N) is 6. The first kappa shape index (κ1) is 20.6. The predicted molar refractivity (Wildman–Crippen MR) is 137 cm³/mol. The Morgan fingerprint density at radius 3 is 2.84 bits per heavy atom. The highest BCUT2D eigenvalue weighted by atomic mass is 16.5. The van der Waals surface area contributed by atoms with Gasteiger partial charge in [-0.25, -0.2) is 9.97 Å². The summed E-state index contributed by atoms with van der Waals surface area (Å²) >= 11 is 0. The van der Waals surface area contributed by atoms with Crippen LogP contribution >= 0.6 is 0 Å². The van der Waals surface area contributed by atoms with E-state index in [0.29, 0.717) is 47.2 Å². The van der Waals surface area contributed by atoms with Gasteiger partial charge < -0.3 is 25.8 Å². The maximum Gasteiger partial charge on any atom is 0.273 e. The third-order valence-corrected chi connectivity index (χ3v) is 6.00. The van der Waals surface area contributed by atoms with Crippen LogP contribution in [0.3, 0.4) is 0 Å². The van der Waals surface area contributed by atoms with Crippen LogP contribution in [0.15, 0.2) is 36.7 Å². The number of rotatable bonds is 3. The zero-order chi connectivity index (χ0) is 28.6. The number of carbonyl (C=O) groups is 1. The van der Waals surface area contributed by atoms with E-state index in [1.165, 1.54) is 13.2 Å². The number of aliphatic hydroxyl groups is 1. The summed E-state index contributed by atoms with van der Waals surface area (Å²) in [6.07, 6.45) is 1.56. The Morgan fingerprint density at radius 2 is 2.08 bits per heavy atom. The number of carbonyl (C=O) groups excluding carboxylic acids is 1. The molecule has 1 aliphatic rings. The smallest absolute Gasteiger partial charge is 0.273 e. The topological polar surface area (TPSA) is 152 Å². The molecule has 190 valence electrons. The van der Waals surface area contributed by atoms with Gasteiger partial charge >= 0.3 is 0 Å². The molecule has 1 aromatic carbocycles. The molecular formula is C25H27N9O3. The quantitative estimate of drug-likeness (QED) is 0.328. The molecule has 0 fully saturated rings. The first-order valence-corrected chi connectivity index (χ1v) is 11.5. The molecule has 4 aromatic rings. The summed E-state index contributed by atoms with van der Waals surface area (Å²) in [5.41, 5.74) is 3.11. The van der Waals surface area contributed by atoms with Crippen LogP contribution in [0.5, 0.6) is 5.75 Å². The molecule has 1 unspecified atom stereocenters. The Morgan fingerprint density at radius 1 is 1.22 bits per heavy atom. The van der Waals surface area contributed by atoms with Crippen molar-refractivity contribution >= 4 is 28.9 Å². The maximum atomic E-state index is 12.9. The number of methoxy groups -OCH3 is 1. The van der Waals surface area contributed by atoms with E-state index in [0.717, 1.165) is 11.1 Å². The maximum absolute atomic E-state index is 12.9. The molecule has 3 aromatic heterocycles. The summed E-state index contributed by atoms with van der Waals surface area (Å²) in [7, 11) is 3.24. The summed E-state index contributed by atoms with van der Waals surface area (Å²) in [6, 6.07) is 8.78. The highest BCUT2D eigenvalue weighted by Gasteiger charge is 2.22. The van der Waals surface area contributed by atoms with E-state index in [4.69, 9.17) is 8.85 Å². The third-order valence-electron chi connectivity index (χ3n) is 6.00. The molecular weight excluding hydrogens is 474 g/mol. The van der Waals surface area contributed by atoms with Crippen LogP contribution in [0.4, 0.5) is 23.0 Å². The Kier molecular flexibility index (Phi) is 5.47. The van der Waals surface area contributed by atoms with Crippen molar-refractivity contribution in [2.24, 2.45) is 7.05 Å². The van der Waals surface area contributed by atoms with E-state index < -0.39 is 19.0 Å². The number of hydrogen-bond acceptors (Lipinski definition) is 10. The van der Waals surface area contributed by atoms with Gasteiger partial charge in [-0.15, -0.1) is 10.2 Å². The number of fused-ring (bicyclic) bond motifs is 6. The molecule has 12 heteroatoms. The average Bonchev–Trinajstić information content (AvgIpc) is 3.33. The molecule has 1 amide bonds. The lowest BCUT2D eigenvalue weighted by atomic mass is 9.99. The Balaban J connectivity index is 1.70. The summed E-state index contributed by atoms with van der Waals surface area (Å²) < 4.78 is 29.7. The van der Waals surface area contributed by atoms with E-state index in [1.807, 2.05) is 30.4 Å². The zero-order valence-electron chi connectivity index (χ0n) is 23.4. The largest absolute Gasteiger partial charge is 0.494 e. The molecule has 4 heterocycles. The van der Waals surface area contributed by atoms with E-state index >= 15 is 0 Å². The minimum absolute atomic E-state index is 0.166. The van der Waals surface area contributed by atoms with Gasteiger partial charge in [-0.1, -0.05) is 6.07 Å². The second-order valence-electron chi connectivity index (χ2n) is 8.62. The number of aryl methyl sites for hydroxylation is 3. The molecule has 0 saturated heterocycles. The first-order valence-electron chi connectivity index (χ1n) is 13.0. The molecule has 1 atom stereocenters. The van der Waals surface area contributed by atoms with Gasteiger partial charge in [0.2, 0.25) is 0 Å². The normalized spacial score (nSPS) is 16.2. The van der Waals surface area contributed by atoms with E-state index in [-0.39, 0.29) is 17.2 Å². The summed E-state index contributed by atoms with van der Waals surface area (Å²) in [6.45, 7) is -0.864. The van der Waals surface area contributed by atoms with Crippen LogP contribution in [0.25, 0.3) is 11.4 Å². The van der Waals surface area contributed by atoms with Crippen LogP contribution in [0.2, 0.25) is 0 Å². The molecule has 0 spiro atoms. The number of benzene rings is 1. The number of aromatic nitrogens is 6. The first-order chi connectivity index (χ1) is 19.0. The van der Waals surface area contributed by atoms with Crippen molar-refractivity contribution in [3.05, 3.63) is 59.2 Å². The second kappa shape index (κ2) is 9.82. The summed E-state index contributed by atoms with van der Waals surface area (Å²) in [4.78, 5) is 21.9. The Hall–Kier alpha value is -4.58. The van der Waals surface area contributed by atoms with Crippen molar-refractivity contribution < 1.29 is 18.8 Å². The molecule has 1 aliphatic heterocycles. The van der Waals surface area contributed by atoms with Gasteiger partial charge in [0.1, 0.15) is 12.1 Å². The monoisotopic (exact) mass is 504 g/mol. The molecule has 4 N–H and O–H groups in total. The zero-order valence-corrected chi connectivity index (χ0v) is 20.4. The van der Waals surface area contributed by atoms with E-state index in [2.05, 4.69) is 35.9 Å². The SMILES string of the molecule is [2H]C([2H])([2H])NC(=O)c1nnc2cc1Nc1cc(cc(-c3ncn(C)n3)c1OC)CCC(O)c1nc(ccc1C)N2. The fraction of sp³-hybridized carbons (Fsp3) is 0.280. The van der Waals surface area contributed by atoms with Gasteiger partial charge in [-0.2, -0.15) is 5.10 Å². The minimum atomic E-state index is -2.73. The molecule has 5 rings (SSSR count). The number of amides is 1. The lowest BCUT2D eigenvalue weighted by molar-refractivity contribution is 0.0958. The number of pyridine rings is 1. The van der Waals surface area contributed by atoms with Gasteiger partial charge in [0.25, 0.3) is 5.91 Å². The number of anilines is 4. The summed E-state index contributed by atoms with van der Waals surface area (Å²) in [5.74, 6) is 0.494. The molecule has 37 heavy (non-hydrogen) atoms. The van der Waals surface area contributed by atoms with Crippen molar-refractivity contribution in [3.8, 4) is 17.1 Å². The fourth-order valence-electron chi connectivity index (χ4n) is 4.22. The van der Waals surface area contributed by atoms with Crippen LogP contribution in [0, 0.1) is 6.92 Å². The second-order valence-corrected chi connectivity index (χ2v) is 8.62. The number of ether oxygens (including phenoxy) is 1. The number of aliphatic hydroxyl groups excluding tert-OH is 1. The highest BCUT2D eigenvalue weighted by molar-refractivity contribution is 5.99. The van der Waals surface area contributed by atoms with Gasteiger partial charge in [0, 0.05) is 24.2 Å². The van der Waals surface area contributed by atoms with Crippen LogP contribution < -0.4 is 20.7 Å². The molecule has 12 nitrogen and oxygen atoms in total. The number of nitrogens with one attached hydrogen (secondary N) is 3. The van der Waals surface area contributed by atoms with Crippen molar-refractivity contribution in [1.29, 1.82) is 0 Å². The van der Waals surface area contributed by atoms with Crippen LogP contribution in [0.1, 0.15) is 43.9 Å². The van der Waals surface area contributed by atoms with Crippen molar-refractivity contribution in [2.75, 3.05) is 24.7 Å². The van der Waals surface area contributed by atoms with Crippen LogP contribution in [-0.2, 0) is 13.5 Å². The Bertz CT molecular complexity index is 1590. The molecule has 0 radical (unpaired) electrons. The highest BCUT2D eigenvalue weighted by Crippen LogP contribution is 2.39. The number of hydrogen-bond donors (Lipinski definition) is 4. The minimum Gasteiger partial charge on any atom is -0.494 e. The van der Waals surface area contributed by atoms with Gasteiger partial charge in [-0.05, 0) is 49.1 Å². The summed E-state index contributed by atoms with van der Waals surface area (Å²) in [5, 5.41) is 31.7. The van der Waals surface area contributed by atoms with Gasteiger partial charge in [0.15, 0.2) is 23.1 Å². The lowest BCUT2D eigenvalue weighted by Crippen LogP contribution is -2.21. The average molecular weight is 505 g/mol. The lowest BCUT2D eigenvalue weighted by Gasteiger charge is -2.20. The Labute approximate surface area is 217 Å². The van der Waals surface area contributed by atoms with Gasteiger partial charge in [-0.3, -0.25) is 9.48 Å². The van der Waals surface area contributed by atoms with Crippen molar-refractivity contribution in [2.45, 2.75) is 25.9 Å². The van der Waals surface area contributed by atoms with Crippen molar-refractivity contribution in [3.63, 3.8) is 0 Å². The fourth-order valence-corrected chi connectivity index (χ4v) is 4.22.